The fraction of sp³-hybridized carbons (Fsp3) is 0.750. The van der Waals surface area contributed by atoms with Crippen molar-refractivity contribution in [2.75, 3.05) is 0 Å². The van der Waals surface area contributed by atoms with E-state index in [4.69, 9.17) is 13.7 Å². The topological polar surface area (TPSA) is 88.1 Å². The highest BCUT2D eigenvalue weighted by Crippen LogP contribution is 2.48. The van der Waals surface area contributed by atoms with Crippen LogP contribution in [0.15, 0.2) is 12.2 Å². The summed E-state index contributed by atoms with van der Waals surface area (Å²) in [5, 5.41) is -0.750. The largest absolute Gasteiger partial charge is 0.432 e. The Morgan fingerprint density at radius 1 is 1.35 bits per heavy atom. The van der Waals surface area contributed by atoms with Gasteiger partial charge in [-0.1, -0.05) is 6.58 Å². The maximum atomic E-state index is 12.3. The normalized spacial score (nSPS) is 38.5. The van der Waals surface area contributed by atoms with E-state index in [2.05, 4.69) is 11.3 Å². The summed E-state index contributed by atoms with van der Waals surface area (Å²) in [4.78, 5) is 11.3. The Morgan fingerprint density at radius 3 is 2.61 bits per heavy atom. The summed E-state index contributed by atoms with van der Waals surface area (Å²) in [5.74, 6) is -1.66. The van der Waals surface area contributed by atoms with Gasteiger partial charge in [-0.3, -0.25) is 4.18 Å². The van der Waals surface area contributed by atoms with Crippen molar-refractivity contribution in [3.8, 4) is 0 Å². The van der Waals surface area contributed by atoms with Crippen molar-refractivity contribution in [3.63, 3.8) is 0 Å². The molecule has 0 aromatic rings. The van der Waals surface area contributed by atoms with Gasteiger partial charge >= 0.3 is 12.1 Å². The molecule has 3 rings (SSSR count). The van der Waals surface area contributed by atoms with Gasteiger partial charge in [-0.25, -0.2) is 4.79 Å². The fourth-order valence-electron chi connectivity index (χ4n) is 2.98. The number of halogens is 3. The number of hydrogen-bond donors (Lipinski definition) is 0. The van der Waals surface area contributed by atoms with E-state index < -0.39 is 63.8 Å². The Bertz CT molecular complexity index is 644. The molecule has 0 saturated carbocycles. The molecule has 130 valence electrons. The van der Waals surface area contributed by atoms with Crippen LogP contribution < -0.4 is 0 Å². The van der Waals surface area contributed by atoms with Crippen molar-refractivity contribution in [2.45, 2.75) is 55.5 Å². The molecule has 0 N–H and O–H groups in total. The monoisotopic (exact) mass is 358 g/mol. The Labute approximate surface area is 129 Å². The molecular formula is C12H13F3O7S. The molecule has 11 heteroatoms. The summed E-state index contributed by atoms with van der Waals surface area (Å²) < 4.78 is 80.7. The van der Waals surface area contributed by atoms with Crippen LogP contribution in [0.1, 0.15) is 13.3 Å². The van der Waals surface area contributed by atoms with E-state index in [1.165, 1.54) is 6.92 Å². The van der Waals surface area contributed by atoms with Crippen LogP contribution in [0.5, 0.6) is 0 Å². The van der Waals surface area contributed by atoms with Crippen molar-refractivity contribution >= 4 is 16.1 Å². The zero-order valence-corrected chi connectivity index (χ0v) is 12.6. The first-order chi connectivity index (χ1) is 10.5. The number of carbonyl (C=O) groups excluding carboxylic acids is 1. The van der Waals surface area contributed by atoms with Gasteiger partial charge in [0.25, 0.3) is 10.1 Å². The van der Waals surface area contributed by atoms with E-state index in [1.54, 1.807) is 0 Å². The summed E-state index contributed by atoms with van der Waals surface area (Å²) in [6.45, 7) is 3.84. The minimum atomic E-state index is -4.90. The molecule has 0 amide bonds. The molecule has 3 fully saturated rings. The third kappa shape index (κ3) is 2.75. The molecule has 3 saturated heterocycles. The highest BCUT2D eigenvalue weighted by atomic mass is 32.2. The third-order valence-corrected chi connectivity index (χ3v) is 5.70. The second-order valence-electron chi connectivity index (χ2n) is 5.52. The van der Waals surface area contributed by atoms with E-state index in [0.717, 1.165) is 0 Å². The predicted molar refractivity (Wildman–Crippen MR) is 66.5 cm³/mol. The molecule has 0 radical (unpaired) electrons. The van der Waals surface area contributed by atoms with Gasteiger partial charge < -0.3 is 14.2 Å². The third-order valence-electron chi connectivity index (χ3n) is 4.00. The van der Waals surface area contributed by atoms with Crippen LogP contribution in [-0.2, 0) is 33.3 Å². The molecule has 3 aliphatic heterocycles. The van der Waals surface area contributed by atoms with E-state index in [9.17, 15) is 26.4 Å². The Kier molecular flexibility index (Phi) is 3.74. The molecule has 3 heterocycles. The maximum absolute atomic E-state index is 12.3. The average Bonchev–Trinajstić information content (AvgIpc) is 3.00. The highest BCUT2D eigenvalue weighted by molar-refractivity contribution is 7.87. The lowest BCUT2D eigenvalue weighted by Crippen LogP contribution is -2.42. The number of fused-ring (bicyclic) bond motifs is 1. The van der Waals surface area contributed by atoms with E-state index in [1.807, 2.05) is 0 Å². The van der Waals surface area contributed by atoms with Gasteiger partial charge in [0, 0.05) is 0 Å². The zero-order valence-electron chi connectivity index (χ0n) is 11.8. The Morgan fingerprint density at radius 2 is 2.00 bits per heavy atom. The van der Waals surface area contributed by atoms with Crippen LogP contribution >= 0.6 is 0 Å². The zero-order chi connectivity index (χ0) is 17.2. The first-order valence-electron chi connectivity index (χ1n) is 6.71. The molecule has 3 aliphatic rings. The smallest absolute Gasteiger partial charge is 0.422 e. The molecule has 0 aromatic heterocycles. The van der Waals surface area contributed by atoms with Crippen molar-refractivity contribution in [1.82, 2.24) is 0 Å². The number of ether oxygens (including phenoxy) is 3. The first-order valence-corrected chi connectivity index (χ1v) is 8.18. The minimum absolute atomic E-state index is 0.171. The summed E-state index contributed by atoms with van der Waals surface area (Å²) in [5.41, 5.74) is -1.66. The van der Waals surface area contributed by atoms with Gasteiger partial charge in [0.05, 0.1) is 6.10 Å². The quantitative estimate of drug-likeness (QED) is 0.315. The lowest BCUT2D eigenvalue weighted by Gasteiger charge is -2.25. The van der Waals surface area contributed by atoms with Gasteiger partial charge in [-0.05, 0) is 13.3 Å². The maximum Gasteiger partial charge on any atom is 0.422 e. The van der Waals surface area contributed by atoms with Crippen molar-refractivity contribution in [2.24, 2.45) is 0 Å². The Hall–Kier alpha value is -1.17. The number of carbonyl (C=O) groups is 1. The van der Waals surface area contributed by atoms with Crippen LogP contribution in [-0.4, -0.2) is 56.5 Å². The standard InChI is InChI=1S/C12H13F3O7S/c1-4(12(13,14)15)11(16)20-5(2)19-8-6-3-7-9(21-6)10(8)22-23(7,17)18/h5-10H,1,3H2,2H3/t5?,6?,7-,8?,9?,10?/m1/s1. The lowest BCUT2D eigenvalue weighted by molar-refractivity contribution is -0.196. The second-order valence-corrected chi connectivity index (χ2v) is 7.30. The van der Waals surface area contributed by atoms with Gasteiger partial charge in [0.2, 0.25) is 6.29 Å². The van der Waals surface area contributed by atoms with Crippen LogP contribution in [0.2, 0.25) is 0 Å². The van der Waals surface area contributed by atoms with Crippen molar-refractivity contribution < 1.29 is 44.8 Å². The molecule has 0 spiro atoms. The molecule has 7 nitrogen and oxygen atoms in total. The summed E-state index contributed by atoms with van der Waals surface area (Å²) >= 11 is 0. The molecule has 5 unspecified atom stereocenters. The Balaban J connectivity index is 1.61. The highest BCUT2D eigenvalue weighted by Gasteiger charge is 2.66. The molecule has 0 aliphatic carbocycles. The van der Waals surface area contributed by atoms with Gasteiger partial charge in [-0.15, -0.1) is 0 Å². The lowest BCUT2D eigenvalue weighted by atomic mass is 9.94. The molecule has 0 aromatic carbocycles. The van der Waals surface area contributed by atoms with Crippen LogP contribution in [0.4, 0.5) is 13.2 Å². The number of rotatable bonds is 4. The number of esters is 1. The van der Waals surface area contributed by atoms with E-state index in [0.29, 0.717) is 0 Å². The SMILES string of the molecule is C=C(C(=O)OC(C)OC1C2C[C@@H]3C(O2)C1OS3(=O)=O)C(F)(F)F. The number of alkyl halides is 3. The van der Waals surface area contributed by atoms with Crippen molar-refractivity contribution in [1.29, 1.82) is 0 Å². The van der Waals surface area contributed by atoms with Gasteiger partial charge in [0.15, 0.2) is 0 Å². The predicted octanol–water partition coefficient (Wildman–Crippen LogP) is 0.648. The van der Waals surface area contributed by atoms with Gasteiger partial charge in [-0.2, -0.15) is 21.6 Å². The average molecular weight is 358 g/mol. The molecule has 23 heavy (non-hydrogen) atoms. The first kappa shape index (κ1) is 16.7. The van der Waals surface area contributed by atoms with Crippen molar-refractivity contribution in [3.05, 3.63) is 12.2 Å². The molecular weight excluding hydrogens is 345 g/mol. The van der Waals surface area contributed by atoms with Gasteiger partial charge in [0.1, 0.15) is 29.1 Å². The van der Waals surface area contributed by atoms with Crippen LogP contribution in [0, 0.1) is 0 Å². The molecule has 6 atom stereocenters. The molecule has 2 bridgehead atoms. The van der Waals surface area contributed by atoms with E-state index >= 15 is 0 Å². The van der Waals surface area contributed by atoms with Crippen LogP contribution in [0.3, 0.4) is 0 Å². The summed E-state index contributed by atoms with van der Waals surface area (Å²) in [6.07, 6.45) is -9.03. The second kappa shape index (κ2) is 5.16. The van der Waals surface area contributed by atoms with E-state index in [-0.39, 0.29) is 6.42 Å². The van der Waals surface area contributed by atoms with Crippen LogP contribution in [0.25, 0.3) is 0 Å². The summed E-state index contributed by atoms with van der Waals surface area (Å²) in [7, 11) is -3.73. The summed E-state index contributed by atoms with van der Waals surface area (Å²) in [6, 6.07) is 0. The number of hydrogen-bond acceptors (Lipinski definition) is 7. The minimum Gasteiger partial charge on any atom is -0.432 e. The fourth-order valence-corrected chi connectivity index (χ4v) is 4.62.